The van der Waals surface area contributed by atoms with Crippen molar-refractivity contribution in [2.45, 2.75) is 39.7 Å². The van der Waals surface area contributed by atoms with Gasteiger partial charge in [0, 0.05) is 4.88 Å². The average molecular weight is 256 g/mol. The van der Waals surface area contributed by atoms with Crippen molar-refractivity contribution in [2.24, 2.45) is 0 Å². The Balaban J connectivity index is 2.72. The minimum Gasteiger partial charge on any atom is -0.444 e. The van der Waals surface area contributed by atoms with E-state index in [1.54, 1.807) is 20.8 Å². The molecule has 17 heavy (non-hydrogen) atoms. The number of aryl methyl sites for hydroxylation is 1. The lowest BCUT2D eigenvalue weighted by Gasteiger charge is -2.18. The fraction of sp³-hybridized carbons (Fsp3) is 0.545. The third-order valence-corrected chi connectivity index (χ3v) is 2.90. The van der Waals surface area contributed by atoms with E-state index in [0.717, 1.165) is 4.88 Å². The summed E-state index contributed by atoms with van der Waals surface area (Å²) < 4.78 is 5.09. The van der Waals surface area contributed by atoms with Gasteiger partial charge in [0.25, 0.3) is 0 Å². The highest BCUT2D eigenvalue weighted by Crippen LogP contribution is 2.23. The van der Waals surface area contributed by atoms with Gasteiger partial charge in [-0.1, -0.05) is 6.92 Å². The molecule has 0 aromatic carbocycles. The highest BCUT2D eigenvalue weighted by atomic mass is 32.1. The Morgan fingerprint density at radius 3 is 2.59 bits per heavy atom. The third-order valence-electron chi connectivity index (χ3n) is 1.77. The molecule has 1 aromatic heterocycles. The van der Waals surface area contributed by atoms with Gasteiger partial charge in [-0.2, -0.15) is 0 Å². The Kier molecular flexibility index (Phi) is 4.22. The van der Waals surface area contributed by atoms with Crippen LogP contribution in [0.15, 0.2) is 0 Å². The van der Waals surface area contributed by atoms with E-state index in [-0.39, 0.29) is 0 Å². The Bertz CT molecular complexity index is 421. The first-order valence-corrected chi connectivity index (χ1v) is 6.12. The van der Waals surface area contributed by atoms with Gasteiger partial charge in [-0.15, -0.1) is 11.3 Å². The fourth-order valence-corrected chi connectivity index (χ4v) is 2.01. The van der Waals surface area contributed by atoms with Crippen LogP contribution in [0.5, 0.6) is 0 Å². The number of thiazole rings is 1. The summed E-state index contributed by atoms with van der Waals surface area (Å²) in [6.45, 7) is 7.27. The van der Waals surface area contributed by atoms with Gasteiger partial charge >= 0.3 is 6.09 Å². The van der Waals surface area contributed by atoms with Crippen molar-refractivity contribution in [3.05, 3.63) is 10.6 Å². The largest absolute Gasteiger partial charge is 0.444 e. The molecule has 0 aliphatic carbocycles. The highest BCUT2D eigenvalue weighted by molar-refractivity contribution is 7.16. The molecule has 0 saturated carbocycles. The molecule has 94 valence electrons. The second kappa shape index (κ2) is 5.27. The normalized spacial score (nSPS) is 11.1. The maximum Gasteiger partial charge on any atom is 0.413 e. The van der Waals surface area contributed by atoms with Crippen LogP contribution in [0.3, 0.4) is 0 Å². The van der Waals surface area contributed by atoms with Crippen LogP contribution < -0.4 is 5.32 Å². The van der Waals surface area contributed by atoms with Gasteiger partial charge in [0.15, 0.2) is 11.4 Å². The van der Waals surface area contributed by atoms with Gasteiger partial charge in [0.05, 0.1) is 0 Å². The molecular weight excluding hydrogens is 240 g/mol. The number of anilines is 1. The number of aromatic nitrogens is 1. The minimum absolute atomic E-state index is 0.378. The standard InChI is InChI=1S/C11H16N2O3S/c1-5-8-7(6-14)12-9(17-8)13-10(15)16-11(2,3)4/h6H,5H2,1-4H3,(H,12,13,15). The number of hydrogen-bond acceptors (Lipinski definition) is 5. The third kappa shape index (κ3) is 4.14. The molecule has 0 radical (unpaired) electrons. The number of aldehydes is 1. The second-order valence-electron chi connectivity index (χ2n) is 4.43. The zero-order valence-electron chi connectivity index (χ0n) is 10.4. The number of hydrogen-bond donors (Lipinski definition) is 1. The zero-order valence-corrected chi connectivity index (χ0v) is 11.2. The van der Waals surface area contributed by atoms with Crippen LogP contribution in [0.1, 0.15) is 43.1 Å². The number of amides is 1. The molecule has 1 aromatic rings. The quantitative estimate of drug-likeness (QED) is 0.844. The summed E-state index contributed by atoms with van der Waals surface area (Å²) >= 11 is 1.28. The molecule has 5 nitrogen and oxygen atoms in total. The summed E-state index contributed by atoms with van der Waals surface area (Å²) in [4.78, 5) is 27.0. The lowest BCUT2D eigenvalue weighted by atomic mass is 10.2. The van der Waals surface area contributed by atoms with Crippen molar-refractivity contribution < 1.29 is 14.3 Å². The van der Waals surface area contributed by atoms with Gasteiger partial charge in [0.2, 0.25) is 0 Å². The first-order valence-electron chi connectivity index (χ1n) is 5.30. The van der Waals surface area contributed by atoms with E-state index in [0.29, 0.717) is 23.5 Å². The molecule has 6 heteroatoms. The maximum atomic E-state index is 11.5. The van der Waals surface area contributed by atoms with Crippen molar-refractivity contribution in [1.82, 2.24) is 4.98 Å². The Hall–Kier alpha value is -1.43. The summed E-state index contributed by atoms with van der Waals surface area (Å²) in [7, 11) is 0. The first-order chi connectivity index (χ1) is 7.85. The molecule has 0 bridgehead atoms. The van der Waals surface area contributed by atoms with Crippen molar-refractivity contribution in [3.63, 3.8) is 0 Å². The van der Waals surface area contributed by atoms with Crippen LogP contribution in [0.4, 0.5) is 9.93 Å². The molecule has 0 atom stereocenters. The van der Waals surface area contributed by atoms with Gasteiger partial charge in [-0.05, 0) is 27.2 Å². The zero-order chi connectivity index (χ0) is 13.1. The summed E-state index contributed by atoms with van der Waals surface area (Å²) in [5.74, 6) is 0. The van der Waals surface area contributed by atoms with E-state index in [2.05, 4.69) is 10.3 Å². The number of carbonyl (C=O) groups is 2. The van der Waals surface area contributed by atoms with Crippen LogP contribution in [-0.4, -0.2) is 23.0 Å². The molecule has 0 unspecified atom stereocenters. The number of nitrogens with zero attached hydrogens (tertiary/aromatic N) is 1. The van der Waals surface area contributed by atoms with Crippen LogP contribution in [-0.2, 0) is 11.2 Å². The summed E-state index contributed by atoms with van der Waals surface area (Å²) in [6, 6.07) is 0. The van der Waals surface area contributed by atoms with Crippen molar-refractivity contribution in [1.29, 1.82) is 0 Å². The highest BCUT2D eigenvalue weighted by Gasteiger charge is 2.18. The molecule has 0 spiro atoms. The maximum absolute atomic E-state index is 11.5. The van der Waals surface area contributed by atoms with Gasteiger partial charge in [-0.25, -0.2) is 9.78 Å². The SMILES string of the molecule is CCc1sc(NC(=O)OC(C)(C)C)nc1C=O. The van der Waals surface area contributed by atoms with E-state index >= 15 is 0 Å². The minimum atomic E-state index is -0.564. The van der Waals surface area contributed by atoms with Gasteiger partial charge in [-0.3, -0.25) is 10.1 Å². The average Bonchev–Trinajstić information content (AvgIpc) is 2.56. The summed E-state index contributed by atoms with van der Waals surface area (Å²) in [5.41, 5.74) is -0.175. The summed E-state index contributed by atoms with van der Waals surface area (Å²) in [5, 5.41) is 2.90. The predicted molar refractivity (Wildman–Crippen MR) is 66.7 cm³/mol. The topological polar surface area (TPSA) is 68.3 Å². The molecular formula is C11H16N2O3S. The Morgan fingerprint density at radius 1 is 1.53 bits per heavy atom. The van der Waals surface area contributed by atoms with Crippen molar-refractivity contribution in [3.8, 4) is 0 Å². The lowest BCUT2D eigenvalue weighted by Crippen LogP contribution is -2.27. The van der Waals surface area contributed by atoms with E-state index in [4.69, 9.17) is 4.74 Å². The summed E-state index contributed by atoms with van der Waals surface area (Å²) in [6.07, 6.45) is 0.837. The second-order valence-corrected chi connectivity index (χ2v) is 5.51. The molecule has 0 saturated heterocycles. The van der Waals surface area contributed by atoms with Crippen LogP contribution in [0.2, 0.25) is 0 Å². The fourth-order valence-electron chi connectivity index (χ4n) is 1.15. The molecule has 0 fully saturated rings. The molecule has 0 aliphatic heterocycles. The number of carbonyl (C=O) groups excluding carboxylic acids is 2. The van der Waals surface area contributed by atoms with Gasteiger partial charge in [0.1, 0.15) is 11.3 Å². The van der Waals surface area contributed by atoms with E-state index < -0.39 is 11.7 Å². The molecule has 1 amide bonds. The van der Waals surface area contributed by atoms with Crippen LogP contribution >= 0.6 is 11.3 Å². The van der Waals surface area contributed by atoms with Crippen molar-refractivity contribution >= 4 is 28.8 Å². The monoisotopic (exact) mass is 256 g/mol. The van der Waals surface area contributed by atoms with Gasteiger partial charge < -0.3 is 4.74 Å². The van der Waals surface area contributed by atoms with Crippen molar-refractivity contribution in [2.75, 3.05) is 5.32 Å². The molecule has 1 N–H and O–H groups in total. The smallest absolute Gasteiger partial charge is 0.413 e. The molecule has 1 rings (SSSR count). The van der Waals surface area contributed by atoms with E-state index in [1.807, 2.05) is 6.92 Å². The predicted octanol–water partition coefficient (Wildman–Crippen LogP) is 2.87. The molecule has 1 heterocycles. The van der Waals surface area contributed by atoms with E-state index in [1.165, 1.54) is 11.3 Å². The number of nitrogens with one attached hydrogen (secondary N) is 1. The van der Waals surface area contributed by atoms with E-state index in [9.17, 15) is 9.59 Å². The van der Waals surface area contributed by atoms with Crippen LogP contribution in [0.25, 0.3) is 0 Å². The Labute approximate surface area is 104 Å². The number of ether oxygens (including phenoxy) is 1. The lowest BCUT2D eigenvalue weighted by molar-refractivity contribution is 0.0635. The number of rotatable bonds is 3. The first kappa shape index (κ1) is 13.6. The Morgan fingerprint density at radius 2 is 2.18 bits per heavy atom. The van der Waals surface area contributed by atoms with Crippen LogP contribution in [0, 0.1) is 0 Å². The molecule has 0 aliphatic rings.